The van der Waals surface area contributed by atoms with E-state index in [2.05, 4.69) is 43.0 Å². The Kier molecular flexibility index (Phi) is 2.62. The molecule has 1 saturated heterocycles. The zero-order valence-electron chi connectivity index (χ0n) is 10.8. The second-order valence-electron chi connectivity index (χ2n) is 5.74. The van der Waals surface area contributed by atoms with E-state index < -0.39 is 0 Å². The van der Waals surface area contributed by atoms with Gasteiger partial charge in [0.15, 0.2) is 0 Å². The fourth-order valence-corrected chi connectivity index (χ4v) is 3.33. The molecule has 0 aromatic heterocycles. The molecular weight excluding hydrogens is 210 g/mol. The van der Waals surface area contributed by atoms with Crippen molar-refractivity contribution in [3.63, 3.8) is 0 Å². The Labute approximate surface area is 104 Å². The van der Waals surface area contributed by atoms with Gasteiger partial charge in [0.2, 0.25) is 0 Å². The number of hydrogen-bond donors (Lipinski definition) is 0. The lowest BCUT2D eigenvalue weighted by Crippen LogP contribution is -2.44. The van der Waals surface area contributed by atoms with Gasteiger partial charge in [-0.2, -0.15) is 0 Å². The van der Waals surface area contributed by atoms with Crippen LogP contribution in [0.15, 0.2) is 24.3 Å². The van der Waals surface area contributed by atoms with Crippen LogP contribution in [-0.4, -0.2) is 23.6 Å². The lowest BCUT2D eigenvalue weighted by molar-refractivity contribution is 0.0198. The van der Waals surface area contributed by atoms with Crippen molar-refractivity contribution in [2.75, 3.05) is 13.1 Å². The third-order valence-corrected chi connectivity index (χ3v) is 4.00. The van der Waals surface area contributed by atoms with E-state index in [0.717, 1.165) is 5.75 Å². The Balaban J connectivity index is 1.95. The van der Waals surface area contributed by atoms with E-state index in [1.807, 2.05) is 0 Å². The summed E-state index contributed by atoms with van der Waals surface area (Å²) in [4.78, 5) is 2.61. The Hall–Kier alpha value is -1.02. The molecule has 0 amide bonds. The topological polar surface area (TPSA) is 12.5 Å². The second kappa shape index (κ2) is 4.02. The van der Waals surface area contributed by atoms with Crippen LogP contribution in [0.25, 0.3) is 0 Å². The molecule has 3 rings (SSSR count). The van der Waals surface area contributed by atoms with Crippen LogP contribution < -0.4 is 4.74 Å². The van der Waals surface area contributed by atoms with Crippen molar-refractivity contribution in [3.8, 4) is 5.75 Å². The Morgan fingerprint density at radius 1 is 1.12 bits per heavy atom. The van der Waals surface area contributed by atoms with Gasteiger partial charge in [0.05, 0.1) is 6.04 Å². The van der Waals surface area contributed by atoms with E-state index in [1.54, 1.807) is 0 Å². The van der Waals surface area contributed by atoms with Crippen molar-refractivity contribution < 1.29 is 4.74 Å². The number of likely N-dealkylation sites (tertiary alicyclic amines) is 1. The van der Waals surface area contributed by atoms with Crippen molar-refractivity contribution in [3.05, 3.63) is 29.8 Å². The number of fused-ring (bicyclic) bond motifs is 1. The Bertz CT molecular complexity index is 407. The summed E-state index contributed by atoms with van der Waals surface area (Å²) in [7, 11) is 0. The minimum atomic E-state index is -0.0962. The maximum Gasteiger partial charge on any atom is 0.125 e. The van der Waals surface area contributed by atoms with Gasteiger partial charge in [0.25, 0.3) is 0 Å². The molecule has 2 heterocycles. The first-order valence-electron chi connectivity index (χ1n) is 6.70. The number of rotatable bonds is 1. The highest BCUT2D eigenvalue weighted by Gasteiger charge is 2.44. The van der Waals surface area contributed by atoms with Crippen LogP contribution >= 0.6 is 0 Å². The minimum Gasteiger partial charge on any atom is -0.486 e. The zero-order chi connectivity index (χ0) is 11.9. The van der Waals surface area contributed by atoms with Crippen LogP contribution in [0.1, 0.15) is 44.7 Å². The maximum absolute atomic E-state index is 6.12. The predicted molar refractivity (Wildman–Crippen MR) is 69.3 cm³/mol. The molecule has 1 aromatic rings. The lowest BCUT2D eigenvalue weighted by Gasteiger charge is -2.38. The SMILES string of the molecule is CC1(C)Oc2ccccc2C1N1CCCCC1. The molecule has 92 valence electrons. The van der Waals surface area contributed by atoms with Crippen LogP contribution in [-0.2, 0) is 0 Å². The Morgan fingerprint density at radius 3 is 2.59 bits per heavy atom. The molecular formula is C15H21NO. The molecule has 0 spiro atoms. The molecule has 1 aromatic carbocycles. The maximum atomic E-state index is 6.12. The summed E-state index contributed by atoms with van der Waals surface area (Å²) in [6.07, 6.45) is 4.04. The summed E-state index contributed by atoms with van der Waals surface area (Å²) in [6, 6.07) is 8.94. The van der Waals surface area contributed by atoms with Gasteiger partial charge in [0.1, 0.15) is 11.4 Å². The molecule has 0 N–H and O–H groups in total. The lowest BCUT2D eigenvalue weighted by atomic mass is 9.91. The molecule has 1 fully saturated rings. The van der Waals surface area contributed by atoms with Crippen molar-refractivity contribution in [1.82, 2.24) is 4.90 Å². The van der Waals surface area contributed by atoms with Gasteiger partial charge in [-0.3, -0.25) is 4.90 Å². The summed E-state index contributed by atoms with van der Waals surface area (Å²) in [5, 5.41) is 0. The number of hydrogen-bond acceptors (Lipinski definition) is 2. The first kappa shape index (κ1) is 11.1. The molecule has 0 bridgehead atoms. The summed E-state index contributed by atoms with van der Waals surface area (Å²) < 4.78 is 6.12. The third-order valence-electron chi connectivity index (χ3n) is 4.00. The van der Waals surface area contributed by atoms with E-state index in [4.69, 9.17) is 4.74 Å². The molecule has 1 unspecified atom stereocenters. The zero-order valence-corrected chi connectivity index (χ0v) is 10.8. The highest BCUT2D eigenvalue weighted by atomic mass is 16.5. The number of ether oxygens (including phenoxy) is 1. The van der Waals surface area contributed by atoms with Crippen molar-refractivity contribution >= 4 is 0 Å². The number of piperidine rings is 1. The number of benzene rings is 1. The Morgan fingerprint density at radius 2 is 1.82 bits per heavy atom. The van der Waals surface area contributed by atoms with Gasteiger partial charge in [-0.15, -0.1) is 0 Å². The van der Waals surface area contributed by atoms with Crippen LogP contribution in [0.2, 0.25) is 0 Å². The normalized spacial score (nSPS) is 27.5. The summed E-state index contributed by atoms with van der Waals surface area (Å²) >= 11 is 0. The minimum absolute atomic E-state index is 0.0962. The van der Waals surface area contributed by atoms with E-state index in [9.17, 15) is 0 Å². The summed E-state index contributed by atoms with van der Waals surface area (Å²) in [5.41, 5.74) is 1.28. The van der Waals surface area contributed by atoms with E-state index >= 15 is 0 Å². The molecule has 2 heteroatoms. The average molecular weight is 231 g/mol. The fraction of sp³-hybridized carbons (Fsp3) is 0.600. The standard InChI is InChI=1S/C15H21NO/c1-15(2)14(16-10-6-3-7-11-16)12-8-4-5-9-13(12)17-15/h4-5,8-9,14H,3,6-7,10-11H2,1-2H3. The number of nitrogens with zero attached hydrogens (tertiary/aromatic N) is 1. The third kappa shape index (κ3) is 1.85. The van der Waals surface area contributed by atoms with Crippen LogP contribution in [0.4, 0.5) is 0 Å². The fourth-order valence-electron chi connectivity index (χ4n) is 3.33. The van der Waals surface area contributed by atoms with Crippen LogP contribution in [0, 0.1) is 0 Å². The van der Waals surface area contributed by atoms with E-state index in [1.165, 1.54) is 37.9 Å². The molecule has 2 aliphatic heterocycles. The van der Waals surface area contributed by atoms with Gasteiger partial charge in [-0.25, -0.2) is 0 Å². The first-order valence-corrected chi connectivity index (χ1v) is 6.70. The molecule has 2 aliphatic rings. The number of para-hydroxylation sites is 1. The van der Waals surface area contributed by atoms with Crippen LogP contribution in [0.5, 0.6) is 5.75 Å². The van der Waals surface area contributed by atoms with Crippen molar-refractivity contribution in [1.29, 1.82) is 0 Å². The molecule has 2 nitrogen and oxygen atoms in total. The van der Waals surface area contributed by atoms with Gasteiger partial charge >= 0.3 is 0 Å². The largest absolute Gasteiger partial charge is 0.486 e. The van der Waals surface area contributed by atoms with Gasteiger partial charge in [0, 0.05) is 5.56 Å². The first-order chi connectivity index (χ1) is 8.18. The van der Waals surface area contributed by atoms with Crippen LogP contribution in [0.3, 0.4) is 0 Å². The smallest absolute Gasteiger partial charge is 0.125 e. The highest BCUT2D eigenvalue weighted by Crippen LogP contribution is 2.46. The van der Waals surface area contributed by atoms with Crippen molar-refractivity contribution in [2.24, 2.45) is 0 Å². The predicted octanol–water partition coefficient (Wildman–Crippen LogP) is 3.38. The average Bonchev–Trinajstić information content (AvgIpc) is 2.60. The monoisotopic (exact) mass is 231 g/mol. The molecule has 17 heavy (non-hydrogen) atoms. The van der Waals surface area contributed by atoms with Crippen molar-refractivity contribution in [2.45, 2.75) is 44.8 Å². The second-order valence-corrected chi connectivity index (χ2v) is 5.74. The quantitative estimate of drug-likeness (QED) is 0.734. The molecule has 0 saturated carbocycles. The van der Waals surface area contributed by atoms with Gasteiger partial charge in [-0.05, 0) is 45.8 Å². The summed E-state index contributed by atoms with van der Waals surface area (Å²) in [6.45, 7) is 6.86. The molecule has 0 radical (unpaired) electrons. The molecule has 0 aliphatic carbocycles. The van der Waals surface area contributed by atoms with E-state index in [0.29, 0.717) is 6.04 Å². The van der Waals surface area contributed by atoms with E-state index in [-0.39, 0.29) is 5.60 Å². The van der Waals surface area contributed by atoms with Gasteiger partial charge in [-0.1, -0.05) is 24.6 Å². The summed E-state index contributed by atoms with van der Waals surface area (Å²) in [5.74, 6) is 1.08. The highest BCUT2D eigenvalue weighted by molar-refractivity contribution is 5.42. The van der Waals surface area contributed by atoms with Gasteiger partial charge < -0.3 is 4.74 Å². The molecule has 1 atom stereocenters.